The summed E-state index contributed by atoms with van der Waals surface area (Å²) in [5.74, 6) is 1.68. The average molecular weight is 464 g/mol. The van der Waals surface area contributed by atoms with Crippen LogP contribution in [-0.2, 0) is 4.79 Å². The van der Waals surface area contributed by atoms with Crippen molar-refractivity contribution in [1.82, 2.24) is 0 Å². The predicted molar refractivity (Wildman–Crippen MR) is 138 cm³/mol. The fourth-order valence-electron chi connectivity index (χ4n) is 4.19. The molecule has 2 N–H and O–H groups in total. The first-order chi connectivity index (χ1) is 16.3. The summed E-state index contributed by atoms with van der Waals surface area (Å²) in [6, 6.07) is 13.3. The van der Waals surface area contributed by atoms with E-state index in [9.17, 15) is 9.59 Å². The van der Waals surface area contributed by atoms with Crippen LogP contribution in [0.3, 0.4) is 0 Å². The number of amides is 2. The highest BCUT2D eigenvalue weighted by Gasteiger charge is 2.32. The van der Waals surface area contributed by atoms with Gasteiger partial charge in [-0.2, -0.15) is 0 Å². The van der Waals surface area contributed by atoms with E-state index in [1.807, 2.05) is 24.3 Å². The third-order valence-corrected chi connectivity index (χ3v) is 6.09. The van der Waals surface area contributed by atoms with Crippen molar-refractivity contribution in [2.24, 2.45) is 17.8 Å². The maximum atomic E-state index is 13.0. The second-order valence-electron chi connectivity index (χ2n) is 10.5. The van der Waals surface area contributed by atoms with Crippen LogP contribution in [0.2, 0.25) is 0 Å². The van der Waals surface area contributed by atoms with Crippen LogP contribution in [0.25, 0.3) is 0 Å². The van der Waals surface area contributed by atoms with Crippen molar-refractivity contribution in [3.8, 4) is 5.75 Å². The van der Waals surface area contributed by atoms with Crippen LogP contribution in [0.15, 0.2) is 42.5 Å². The monoisotopic (exact) mass is 463 g/mol. The van der Waals surface area contributed by atoms with E-state index in [0.717, 1.165) is 37.3 Å². The Bertz CT molecular complexity index is 998. The van der Waals surface area contributed by atoms with Gasteiger partial charge < -0.3 is 20.3 Å². The van der Waals surface area contributed by atoms with E-state index in [-0.39, 0.29) is 17.9 Å². The van der Waals surface area contributed by atoms with Crippen LogP contribution in [0, 0.1) is 17.8 Å². The minimum Gasteiger partial charge on any atom is -0.424 e. The molecule has 6 heteroatoms. The number of ether oxygens (including phenoxy) is 1. The number of hydrogen-bond donors (Lipinski definition) is 2. The average Bonchev–Trinajstić information content (AvgIpc) is 3.67. The number of anilines is 3. The number of carbonyl (C=O) groups is 2. The minimum atomic E-state index is -0.357. The molecule has 0 atom stereocenters. The Kier molecular flexibility index (Phi) is 7.44. The SMILES string of the molecule is CC(C)CN(CC(C)C)c1cccc(OC(=O)C2CC2)c1NC(=O)Nc1ccc(C2CC2)cc1. The number of benzene rings is 2. The molecule has 6 nitrogen and oxygen atoms in total. The lowest BCUT2D eigenvalue weighted by Gasteiger charge is -2.31. The first-order valence-corrected chi connectivity index (χ1v) is 12.6. The molecule has 34 heavy (non-hydrogen) atoms. The number of rotatable bonds is 10. The first-order valence-electron chi connectivity index (χ1n) is 12.6. The number of hydrogen-bond acceptors (Lipinski definition) is 4. The normalized spacial score (nSPS) is 15.4. The molecule has 0 aromatic heterocycles. The van der Waals surface area contributed by atoms with Gasteiger partial charge in [0.25, 0.3) is 0 Å². The summed E-state index contributed by atoms with van der Waals surface area (Å²) < 4.78 is 5.76. The van der Waals surface area contributed by atoms with E-state index in [4.69, 9.17) is 4.74 Å². The van der Waals surface area contributed by atoms with Crippen molar-refractivity contribution in [3.63, 3.8) is 0 Å². The van der Waals surface area contributed by atoms with Gasteiger partial charge >= 0.3 is 12.0 Å². The summed E-state index contributed by atoms with van der Waals surface area (Å²) in [5, 5.41) is 5.93. The summed E-state index contributed by atoms with van der Waals surface area (Å²) in [5.41, 5.74) is 3.45. The van der Waals surface area contributed by atoms with Crippen molar-refractivity contribution in [3.05, 3.63) is 48.0 Å². The van der Waals surface area contributed by atoms with E-state index in [0.29, 0.717) is 29.2 Å². The fourth-order valence-corrected chi connectivity index (χ4v) is 4.19. The molecule has 0 radical (unpaired) electrons. The highest BCUT2D eigenvalue weighted by Crippen LogP contribution is 2.41. The Labute approximate surface area is 203 Å². The van der Waals surface area contributed by atoms with Crippen LogP contribution in [-0.4, -0.2) is 25.1 Å². The zero-order valence-electron chi connectivity index (χ0n) is 20.8. The van der Waals surface area contributed by atoms with Crippen molar-refractivity contribution in [2.75, 3.05) is 28.6 Å². The van der Waals surface area contributed by atoms with Gasteiger partial charge in [0.2, 0.25) is 0 Å². The maximum Gasteiger partial charge on any atom is 0.323 e. The Morgan fingerprint density at radius 1 is 0.912 bits per heavy atom. The number of nitrogens with one attached hydrogen (secondary N) is 2. The highest BCUT2D eigenvalue weighted by molar-refractivity contribution is 6.03. The first kappa shape index (κ1) is 24.1. The second kappa shape index (κ2) is 10.5. The van der Waals surface area contributed by atoms with Gasteiger partial charge in [0.15, 0.2) is 5.75 Å². The Hall–Kier alpha value is -3.02. The number of nitrogens with zero attached hydrogens (tertiary/aromatic N) is 1. The van der Waals surface area contributed by atoms with Crippen molar-refractivity contribution >= 4 is 29.1 Å². The molecule has 0 spiro atoms. The summed E-state index contributed by atoms with van der Waals surface area (Å²) in [7, 11) is 0. The molecule has 0 unspecified atom stereocenters. The van der Waals surface area contributed by atoms with Crippen LogP contribution in [0.4, 0.5) is 21.9 Å². The molecule has 0 aliphatic heterocycles. The topological polar surface area (TPSA) is 70.7 Å². The molecule has 0 bridgehead atoms. The predicted octanol–water partition coefficient (Wildman–Crippen LogP) is 6.64. The number of para-hydroxylation sites is 1. The van der Waals surface area contributed by atoms with Gasteiger partial charge in [-0.3, -0.25) is 4.79 Å². The standard InChI is InChI=1S/C28H37N3O3/c1-18(2)16-31(17-19(3)4)24-6-5-7-25(34-27(32)22-10-11-22)26(24)30-28(33)29-23-14-12-21(13-15-23)20-8-9-20/h5-7,12-15,18-20,22H,8-11,16-17H2,1-4H3,(H2,29,30,33). The van der Waals surface area contributed by atoms with Gasteiger partial charge in [-0.15, -0.1) is 0 Å². The Morgan fingerprint density at radius 2 is 1.56 bits per heavy atom. The molecule has 182 valence electrons. The molecular weight excluding hydrogens is 426 g/mol. The van der Waals surface area contributed by atoms with Crippen molar-refractivity contribution in [1.29, 1.82) is 0 Å². The van der Waals surface area contributed by atoms with Crippen LogP contribution in [0.5, 0.6) is 5.75 Å². The number of urea groups is 1. The van der Waals surface area contributed by atoms with Crippen LogP contribution in [0.1, 0.15) is 64.9 Å². The molecule has 2 amide bonds. The lowest BCUT2D eigenvalue weighted by molar-refractivity contribution is -0.135. The van der Waals surface area contributed by atoms with Crippen LogP contribution >= 0.6 is 0 Å². The lowest BCUT2D eigenvalue weighted by atomic mass is 10.1. The van der Waals surface area contributed by atoms with Gasteiger partial charge in [-0.1, -0.05) is 45.9 Å². The fraction of sp³-hybridized carbons (Fsp3) is 0.500. The number of esters is 1. The van der Waals surface area contributed by atoms with Crippen molar-refractivity contribution < 1.29 is 14.3 Å². The molecule has 2 aliphatic carbocycles. The second-order valence-corrected chi connectivity index (χ2v) is 10.5. The molecule has 2 fully saturated rings. The van der Waals surface area contributed by atoms with Crippen LogP contribution < -0.4 is 20.3 Å². The lowest BCUT2D eigenvalue weighted by Crippen LogP contribution is -2.33. The smallest absolute Gasteiger partial charge is 0.323 e. The molecule has 2 saturated carbocycles. The van der Waals surface area contributed by atoms with Gasteiger partial charge in [0, 0.05) is 18.8 Å². The summed E-state index contributed by atoms with van der Waals surface area (Å²) in [6.07, 6.45) is 4.22. The van der Waals surface area contributed by atoms with Gasteiger partial charge in [0.05, 0.1) is 11.6 Å². The minimum absolute atomic E-state index is 0.0299. The van der Waals surface area contributed by atoms with Gasteiger partial charge in [-0.25, -0.2) is 4.79 Å². The Morgan fingerprint density at radius 3 is 2.12 bits per heavy atom. The molecule has 0 saturated heterocycles. The summed E-state index contributed by atoms with van der Waals surface area (Å²) in [4.78, 5) is 27.8. The van der Waals surface area contributed by atoms with Gasteiger partial charge in [0.1, 0.15) is 5.69 Å². The van der Waals surface area contributed by atoms with Crippen molar-refractivity contribution in [2.45, 2.75) is 59.3 Å². The molecule has 0 heterocycles. The molecule has 2 aliphatic rings. The zero-order valence-corrected chi connectivity index (χ0v) is 20.8. The third kappa shape index (κ3) is 6.52. The Balaban J connectivity index is 1.58. The summed E-state index contributed by atoms with van der Waals surface area (Å²) >= 11 is 0. The maximum absolute atomic E-state index is 13.0. The highest BCUT2D eigenvalue weighted by atomic mass is 16.5. The summed E-state index contributed by atoms with van der Waals surface area (Å²) in [6.45, 7) is 10.4. The number of carbonyl (C=O) groups excluding carboxylic acids is 2. The molecule has 2 aromatic carbocycles. The largest absolute Gasteiger partial charge is 0.424 e. The molecule has 2 aromatic rings. The van der Waals surface area contributed by atoms with E-state index in [1.165, 1.54) is 18.4 Å². The van der Waals surface area contributed by atoms with E-state index >= 15 is 0 Å². The van der Waals surface area contributed by atoms with Gasteiger partial charge in [-0.05, 0) is 73.3 Å². The quantitative estimate of drug-likeness (QED) is 0.306. The van der Waals surface area contributed by atoms with E-state index in [2.05, 4.69) is 55.4 Å². The van der Waals surface area contributed by atoms with E-state index < -0.39 is 0 Å². The van der Waals surface area contributed by atoms with E-state index in [1.54, 1.807) is 6.07 Å². The molecule has 4 rings (SSSR count). The molecular formula is C28H37N3O3. The third-order valence-electron chi connectivity index (χ3n) is 6.09. The zero-order chi connectivity index (χ0) is 24.2.